The molecule has 3 aromatic carbocycles. The van der Waals surface area contributed by atoms with E-state index in [1.807, 2.05) is 36.4 Å². The Balaban J connectivity index is 1.21. The van der Waals surface area contributed by atoms with Crippen molar-refractivity contribution in [3.8, 4) is 12.3 Å². The quantitative estimate of drug-likeness (QED) is 0.219. The average Bonchev–Trinajstić information content (AvgIpc) is 3.77. The predicted molar refractivity (Wildman–Crippen MR) is 175 cm³/mol. The van der Waals surface area contributed by atoms with Crippen LogP contribution in [-0.2, 0) is 29.1 Å². The number of hydrogen-bond acceptors (Lipinski definition) is 8. The largest absolute Gasteiger partial charge is 0.375 e. The van der Waals surface area contributed by atoms with E-state index >= 15 is 0 Å². The monoisotopic (exact) mass is 651 g/mol. The first-order chi connectivity index (χ1) is 22.8. The van der Waals surface area contributed by atoms with Gasteiger partial charge in [0.1, 0.15) is 18.0 Å². The van der Waals surface area contributed by atoms with E-state index in [1.54, 1.807) is 33.1 Å². The number of nitrogens with one attached hydrogen (secondary N) is 2. The number of anilines is 1. The van der Waals surface area contributed by atoms with E-state index in [4.69, 9.17) is 12.2 Å². The van der Waals surface area contributed by atoms with Crippen molar-refractivity contribution in [3.05, 3.63) is 89.4 Å². The maximum absolute atomic E-state index is 14.3. The number of hydrazine groups is 1. The number of nitrogens with two attached hydrogens (primary N) is 1. The second kappa shape index (κ2) is 12.3. The zero-order valence-corrected chi connectivity index (χ0v) is 25.9. The molecule has 5 aromatic rings. The van der Waals surface area contributed by atoms with Crippen molar-refractivity contribution < 1.29 is 18.8 Å². The van der Waals surface area contributed by atoms with Crippen LogP contribution in [0.4, 0.5) is 14.3 Å². The molecule has 4 N–H and O–H groups in total. The Bertz CT molecular complexity index is 2040. The molecule has 47 heavy (non-hydrogen) atoms. The third-order valence-electron chi connectivity index (χ3n) is 8.52. The molecule has 0 saturated carbocycles. The summed E-state index contributed by atoms with van der Waals surface area (Å²) in [7, 11) is 0. The molecule has 2 atom stereocenters. The van der Waals surface area contributed by atoms with Crippen LogP contribution in [0.15, 0.2) is 66.9 Å². The van der Waals surface area contributed by atoms with Crippen LogP contribution in [0.25, 0.3) is 21.1 Å². The van der Waals surface area contributed by atoms with Crippen LogP contribution in [0.1, 0.15) is 16.7 Å². The van der Waals surface area contributed by atoms with Crippen molar-refractivity contribution in [2.75, 3.05) is 25.4 Å². The first-order valence-corrected chi connectivity index (χ1v) is 15.8. The predicted octanol–water partition coefficient (Wildman–Crippen LogP) is 3.08. The molecular weight excluding hydrogens is 621 g/mol. The fourth-order valence-electron chi connectivity index (χ4n) is 6.33. The molecule has 4 amide bonds. The summed E-state index contributed by atoms with van der Waals surface area (Å²) in [6.45, 7) is 0.229. The minimum absolute atomic E-state index is 0.111. The number of nitrogens with zero attached hydrogens (tertiary/aromatic N) is 6. The van der Waals surface area contributed by atoms with Gasteiger partial charge in [0.25, 0.3) is 0 Å². The number of para-hydroxylation sites is 1. The number of H-pyrrole nitrogens is 1. The molecule has 2 aromatic heterocycles. The number of benzene rings is 3. The lowest BCUT2D eigenvalue weighted by Gasteiger charge is -2.46. The van der Waals surface area contributed by atoms with Crippen molar-refractivity contribution in [3.63, 3.8) is 0 Å². The van der Waals surface area contributed by atoms with Crippen molar-refractivity contribution in [1.29, 1.82) is 0 Å². The third kappa shape index (κ3) is 5.82. The second-order valence-electron chi connectivity index (χ2n) is 11.5. The van der Waals surface area contributed by atoms with E-state index in [2.05, 4.69) is 26.4 Å². The van der Waals surface area contributed by atoms with Gasteiger partial charge in [-0.05, 0) is 47.0 Å². The summed E-state index contributed by atoms with van der Waals surface area (Å²) in [4.78, 5) is 49.4. The Kier molecular flexibility index (Phi) is 7.92. The molecule has 4 heterocycles. The van der Waals surface area contributed by atoms with E-state index in [0.29, 0.717) is 10.7 Å². The number of amides is 4. The SMILES string of the molecule is C#CCN(C(=O)NCc1ccc(F)cc1)N1CC(=O)N2[C@@H](Cc3ccc4[nH]ncc4c3)C(=O)N(Cc3cccc4sc(N)nc34)C[C@@H]21. The van der Waals surface area contributed by atoms with Crippen molar-refractivity contribution in [2.45, 2.75) is 31.7 Å². The number of urea groups is 1. The summed E-state index contributed by atoms with van der Waals surface area (Å²) in [6, 6.07) is 15.9. The van der Waals surface area contributed by atoms with E-state index in [1.165, 1.54) is 28.5 Å². The van der Waals surface area contributed by atoms with Crippen LogP contribution in [0.3, 0.4) is 0 Å². The molecule has 14 heteroatoms. The lowest BCUT2D eigenvalue weighted by atomic mass is 9.99. The smallest absolute Gasteiger partial charge is 0.333 e. The number of carbonyl (C=O) groups excluding carboxylic acids is 3. The molecule has 2 saturated heterocycles. The van der Waals surface area contributed by atoms with Gasteiger partial charge in [0.2, 0.25) is 11.8 Å². The lowest BCUT2D eigenvalue weighted by molar-refractivity contribution is -0.157. The van der Waals surface area contributed by atoms with E-state index in [9.17, 15) is 18.8 Å². The minimum atomic E-state index is -0.842. The second-order valence-corrected chi connectivity index (χ2v) is 12.5. The number of terminal acetylenes is 1. The van der Waals surface area contributed by atoms with Crippen LogP contribution in [0, 0.1) is 18.2 Å². The van der Waals surface area contributed by atoms with Crippen LogP contribution in [-0.4, -0.2) is 84.7 Å². The first kappa shape index (κ1) is 30.2. The van der Waals surface area contributed by atoms with Crippen LogP contribution in [0.5, 0.6) is 0 Å². The van der Waals surface area contributed by atoms with Gasteiger partial charge in [-0.3, -0.25) is 14.7 Å². The topological polar surface area (TPSA) is 144 Å². The molecule has 0 unspecified atom stereocenters. The maximum Gasteiger partial charge on any atom is 0.333 e. The normalized spacial score (nSPS) is 18.1. The number of piperazine rings is 1. The van der Waals surface area contributed by atoms with Gasteiger partial charge in [-0.25, -0.2) is 19.2 Å². The van der Waals surface area contributed by atoms with Gasteiger partial charge in [0, 0.05) is 24.9 Å². The number of halogens is 1. The molecule has 0 spiro atoms. The molecule has 7 rings (SSSR count). The van der Waals surface area contributed by atoms with Crippen LogP contribution >= 0.6 is 11.3 Å². The zero-order valence-electron chi connectivity index (χ0n) is 25.1. The van der Waals surface area contributed by atoms with E-state index in [0.717, 1.165) is 32.2 Å². The van der Waals surface area contributed by atoms with Gasteiger partial charge in [-0.2, -0.15) is 10.1 Å². The summed E-state index contributed by atoms with van der Waals surface area (Å²) in [6.07, 6.45) is 7.00. The van der Waals surface area contributed by atoms with Gasteiger partial charge in [0.05, 0.1) is 41.6 Å². The average molecular weight is 652 g/mol. The number of nitrogen functional groups attached to an aromatic ring is 1. The highest BCUT2D eigenvalue weighted by Crippen LogP contribution is 2.32. The van der Waals surface area contributed by atoms with Gasteiger partial charge >= 0.3 is 6.03 Å². The van der Waals surface area contributed by atoms with Crippen molar-refractivity contribution in [1.82, 2.24) is 40.3 Å². The fraction of sp³-hybridized carbons (Fsp3) is 0.242. The van der Waals surface area contributed by atoms with Gasteiger partial charge in [-0.15, -0.1) is 6.42 Å². The summed E-state index contributed by atoms with van der Waals surface area (Å²) in [5.74, 6) is 1.64. The Morgan fingerprint density at radius 2 is 1.98 bits per heavy atom. The van der Waals surface area contributed by atoms with E-state index < -0.39 is 18.2 Å². The number of aromatic nitrogens is 3. The molecule has 2 aliphatic heterocycles. The standard InChI is InChI=1S/C33H30FN9O3S/c1-2-12-41(33(46)36-15-20-6-9-24(34)10-7-20)42-19-29(44)43-26(14-21-8-11-25-23(13-21)16-37-39-25)31(45)40(18-28(42)43)17-22-4-3-5-27-30(22)38-32(35)47-27/h1,3-11,13,16,26,28H,12,14-15,17-19H2,(H2,35,38)(H,36,46)(H,37,39)/t26-,28+/m0/s1. The molecule has 2 fully saturated rings. The number of fused-ring (bicyclic) bond motifs is 3. The van der Waals surface area contributed by atoms with Crippen LogP contribution in [0.2, 0.25) is 0 Å². The molecule has 238 valence electrons. The Morgan fingerprint density at radius 3 is 2.79 bits per heavy atom. The number of rotatable bonds is 8. The Labute approximate surface area is 272 Å². The summed E-state index contributed by atoms with van der Waals surface area (Å²) in [5.41, 5.74) is 9.97. The molecule has 12 nitrogen and oxygen atoms in total. The fourth-order valence-corrected chi connectivity index (χ4v) is 7.11. The third-order valence-corrected chi connectivity index (χ3v) is 9.37. The maximum atomic E-state index is 14.3. The molecule has 2 aliphatic rings. The van der Waals surface area contributed by atoms with E-state index in [-0.39, 0.29) is 56.8 Å². The van der Waals surface area contributed by atoms with Gasteiger partial charge < -0.3 is 20.9 Å². The number of thiazole rings is 1. The highest BCUT2D eigenvalue weighted by Gasteiger charge is 2.52. The number of aromatic amines is 1. The number of carbonyl (C=O) groups is 3. The molecule has 0 bridgehead atoms. The Morgan fingerprint density at radius 1 is 1.17 bits per heavy atom. The first-order valence-electron chi connectivity index (χ1n) is 14.9. The van der Waals surface area contributed by atoms with Crippen molar-refractivity contribution >= 4 is 55.4 Å². The zero-order chi connectivity index (χ0) is 32.7. The van der Waals surface area contributed by atoms with Crippen molar-refractivity contribution in [2.24, 2.45) is 0 Å². The van der Waals surface area contributed by atoms with Gasteiger partial charge in [0.15, 0.2) is 5.13 Å². The summed E-state index contributed by atoms with van der Waals surface area (Å²) >= 11 is 1.37. The lowest BCUT2D eigenvalue weighted by Crippen LogP contribution is -2.66. The summed E-state index contributed by atoms with van der Waals surface area (Å²) < 4.78 is 14.3. The highest BCUT2D eigenvalue weighted by molar-refractivity contribution is 7.22. The van der Waals surface area contributed by atoms with Gasteiger partial charge in [-0.1, -0.05) is 47.6 Å². The minimum Gasteiger partial charge on any atom is -0.375 e. The molecule has 0 aliphatic carbocycles. The highest BCUT2D eigenvalue weighted by atomic mass is 32.1. The molecular formula is C33H30FN9O3S. The molecule has 0 radical (unpaired) electrons. The summed E-state index contributed by atoms with van der Waals surface area (Å²) in [5, 5.41) is 14.1. The Hall–Kier alpha value is -5.52. The number of hydrogen-bond donors (Lipinski definition) is 3. The van der Waals surface area contributed by atoms with Crippen LogP contribution < -0.4 is 11.1 Å².